The number of rotatable bonds is 4. The smallest absolute Gasteiger partial charge is 0.335 e. The van der Waals surface area contributed by atoms with Crippen molar-refractivity contribution in [3.63, 3.8) is 0 Å². The summed E-state index contributed by atoms with van der Waals surface area (Å²) in [5.41, 5.74) is -0.179. The summed E-state index contributed by atoms with van der Waals surface area (Å²) >= 11 is 3.18. The van der Waals surface area contributed by atoms with Crippen LogP contribution >= 0.6 is 15.9 Å². The Morgan fingerprint density at radius 3 is 2.33 bits per heavy atom. The molecule has 1 aromatic rings. The fourth-order valence-corrected chi connectivity index (χ4v) is 1.91. The summed E-state index contributed by atoms with van der Waals surface area (Å²) in [7, 11) is 0. The quantitative estimate of drug-likeness (QED) is 0.770. The molecule has 0 aromatic heterocycles. The van der Waals surface area contributed by atoms with Gasteiger partial charge in [-0.3, -0.25) is 9.59 Å². The average molecular weight is 357 g/mol. The molecule has 0 spiro atoms. The lowest BCUT2D eigenvalue weighted by Crippen LogP contribution is -2.39. The molecule has 0 saturated carbocycles. The van der Waals surface area contributed by atoms with Crippen molar-refractivity contribution in [3.8, 4) is 0 Å². The maximum atomic E-state index is 11.7. The van der Waals surface area contributed by atoms with Gasteiger partial charge in [0.15, 0.2) is 0 Å². The molecule has 0 radical (unpaired) electrons. The molecule has 1 aromatic carbocycles. The van der Waals surface area contributed by atoms with Crippen LogP contribution in [0.15, 0.2) is 22.7 Å². The van der Waals surface area contributed by atoms with Crippen molar-refractivity contribution >= 4 is 39.4 Å². The number of hydrogen-bond acceptors (Lipinski definition) is 3. The Labute approximate surface area is 131 Å². The van der Waals surface area contributed by atoms with Crippen molar-refractivity contribution in [1.82, 2.24) is 5.32 Å². The molecule has 0 fully saturated rings. The summed E-state index contributed by atoms with van der Waals surface area (Å²) in [5, 5.41) is 14.0. The van der Waals surface area contributed by atoms with Crippen molar-refractivity contribution in [2.75, 3.05) is 11.9 Å². The summed E-state index contributed by atoms with van der Waals surface area (Å²) in [6.45, 7) is 5.06. The van der Waals surface area contributed by atoms with Gasteiger partial charge in [0.05, 0.1) is 12.1 Å². The highest BCUT2D eigenvalue weighted by atomic mass is 79.9. The molecule has 2 amide bonds. The van der Waals surface area contributed by atoms with Gasteiger partial charge in [-0.15, -0.1) is 0 Å². The lowest BCUT2D eigenvalue weighted by atomic mass is 9.96. The number of hydrogen-bond donors (Lipinski definition) is 3. The van der Waals surface area contributed by atoms with E-state index in [1.54, 1.807) is 26.8 Å². The maximum Gasteiger partial charge on any atom is 0.335 e. The van der Waals surface area contributed by atoms with Gasteiger partial charge in [-0.05, 0) is 18.2 Å². The first kappa shape index (κ1) is 17.2. The third-order valence-electron chi connectivity index (χ3n) is 2.52. The van der Waals surface area contributed by atoms with Gasteiger partial charge in [-0.1, -0.05) is 36.7 Å². The van der Waals surface area contributed by atoms with Crippen LogP contribution in [0.1, 0.15) is 31.1 Å². The SMILES string of the molecule is CC(C)(C)C(=O)NCC(=O)Nc1cc(Br)cc(C(=O)O)c1. The normalized spacial score (nSPS) is 10.9. The molecule has 0 aliphatic rings. The number of halogens is 1. The van der Waals surface area contributed by atoms with Gasteiger partial charge in [0.25, 0.3) is 0 Å². The third kappa shape index (κ3) is 5.55. The number of carboxylic acid groups (broad SMARTS) is 1. The number of aromatic carboxylic acids is 1. The lowest BCUT2D eigenvalue weighted by molar-refractivity contribution is -0.130. The van der Waals surface area contributed by atoms with Crippen molar-refractivity contribution in [1.29, 1.82) is 0 Å². The second kappa shape index (κ2) is 6.71. The number of carboxylic acids is 1. The van der Waals surface area contributed by atoms with Crippen LogP contribution in [-0.4, -0.2) is 29.4 Å². The molecule has 0 unspecified atom stereocenters. The van der Waals surface area contributed by atoms with E-state index in [-0.39, 0.29) is 18.0 Å². The molecule has 3 N–H and O–H groups in total. The Kier molecular flexibility index (Phi) is 5.48. The number of nitrogens with one attached hydrogen (secondary N) is 2. The van der Waals surface area contributed by atoms with Gasteiger partial charge in [0.2, 0.25) is 11.8 Å². The first-order valence-electron chi connectivity index (χ1n) is 6.21. The predicted octanol–water partition coefficient (Wildman–Crippen LogP) is 2.25. The van der Waals surface area contributed by atoms with Crippen molar-refractivity contribution in [2.45, 2.75) is 20.8 Å². The van der Waals surface area contributed by atoms with E-state index in [1.807, 2.05) is 0 Å². The molecular formula is C14H17BrN2O4. The van der Waals surface area contributed by atoms with E-state index in [1.165, 1.54) is 12.1 Å². The second-order valence-electron chi connectivity index (χ2n) is 5.51. The number of anilines is 1. The summed E-state index contributed by atoms with van der Waals surface area (Å²) in [6.07, 6.45) is 0. The zero-order chi connectivity index (χ0) is 16.2. The van der Waals surface area contributed by atoms with Gasteiger partial charge >= 0.3 is 5.97 Å². The van der Waals surface area contributed by atoms with Crippen LogP contribution in [0.4, 0.5) is 5.69 Å². The van der Waals surface area contributed by atoms with Crippen molar-refractivity contribution in [2.24, 2.45) is 5.41 Å². The molecular weight excluding hydrogens is 340 g/mol. The number of benzene rings is 1. The Balaban J connectivity index is 2.67. The summed E-state index contributed by atoms with van der Waals surface area (Å²) < 4.78 is 0.538. The molecule has 0 heterocycles. The summed E-state index contributed by atoms with van der Waals surface area (Å²) in [6, 6.07) is 4.35. The molecule has 0 atom stereocenters. The van der Waals surface area contributed by atoms with Crippen LogP contribution in [0.2, 0.25) is 0 Å². The highest BCUT2D eigenvalue weighted by molar-refractivity contribution is 9.10. The van der Waals surface area contributed by atoms with Crippen LogP contribution in [-0.2, 0) is 9.59 Å². The van der Waals surface area contributed by atoms with E-state index in [0.717, 1.165) is 0 Å². The van der Waals surface area contributed by atoms with Gasteiger partial charge < -0.3 is 15.7 Å². The van der Waals surface area contributed by atoms with Crippen molar-refractivity contribution in [3.05, 3.63) is 28.2 Å². The molecule has 6 nitrogen and oxygen atoms in total. The standard InChI is InChI=1S/C14H17BrN2O4/c1-14(2,3)13(21)16-7-11(18)17-10-5-8(12(19)20)4-9(15)6-10/h4-6H,7H2,1-3H3,(H,16,21)(H,17,18)(H,19,20). The van der Waals surface area contributed by atoms with E-state index in [9.17, 15) is 14.4 Å². The van der Waals surface area contributed by atoms with Crippen LogP contribution in [0.25, 0.3) is 0 Å². The molecule has 0 saturated heterocycles. The molecule has 7 heteroatoms. The largest absolute Gasteiger partial charge is 0.478 e. The van der Waals surface area contributed by atoms with Crippen LogP contribution in [0.5, 0.6) is 0 Å². The molecule has 21 heavy (non-hydrogen) atoms. The van der Waals surface area contributed by atoms with E-state index in [0.29, 0.717) is 10.2 Å². The fourth-order valence-electron chi connectivity index (χ4n) is 1.42. The Bertz CT molecular complexity index is 579. The summed E-state index contributed by atoms with van der Waals surface area (Å²) in [5.74, 6) is -1.76. The minimum Gasteiger partial charge on any atom is -0.478 e. The van der Waals surface area contributed by atoms with Gasteiger partial charge in [-0.25, -0.2) is 4.79 Å². The van der Waals surface area contributed by atoms with Crippen LogP contribution in [0, 0.1) is 5.41 Å². The molecule has 0 aliphatic heterocycles. The molecule has 0 bridgehead atoms. The number of carbonyl (C=O) groups is 3. The molecule has 114 valence electrons. The van der Waals surface area contributed by atoms with Crippen LogP contribution < -0.4 is 10.6 Å². The zero-order valence-electron chi connectivity index (χ0n) is 12.0. The highest BCUT2D eigenvalue weighted by Crippen LogP contribution is 2.19. The lowest BCUT2D eigenvalue weighted by Gasteiger charge is -2.17. The topological polar surface area (TPSA) is 95.5 Å². The Hall–Kier alpha value is -1.89. The monoisotopic (exact) mass is 356 g/mol. The molecule has 1 rings (SSSR count). The Morgan fingerprint density at radius 1 is 1.19 bits per heavy atom. The minimum atomic E-state index is -1.09. The van der Waals surface area contributed by atoms with Gasteiger partial charge in [0.1, 0.15) is 0 Å². The average Bonchev–Trinajstić information content (AvgIpc) is 2.33. The van der Waals surface area contributed by atoms with Gasteiger partial charge in [0, 0.05) is 15.6 Å². The third-order valence-corrected chi connectivity index (χ3v) is 2.98. The number of amides is 2. The van der Waals surface area contributed by atoms with Gasteiger partial charge in [-0.2, -0.15) is 0 Å². The highest BCUT2D eigenvalue weighted by Gasteiger charge is 2.21. The summed E-state index contributed by atoms with van der Waals surface area (Å²) in [4.78, 5) is 34.3. The first-order chi connectivity index (χ1) is 9.59. The number of carbonyl (C=O) groups excluding carboxylic acids is 2. The minimum absolute atomic E-state index is 0.0541. The Morgan fingerprint density at radius 2 is 1.81 bits per heavy atom. The van der Waals surface area contributed by atoms with Crippen LogP contribution in [0.3, 0.4) is 0 Å². The second-order valence-corrected chi connectivity index (χ2v) is 6.43. The van der Waals surface area contributed by atoms with Crippen molar-refractivity contribution < 1.29 is 19.5 Å². The molecule has 0 aliphatic carbocycles. The van der Waals surface area contributed by atoms with E-state index in [4.69, 9.17) is 5.11 Å². The van der Waals surface area contributed by atoms with E-state index >= 15 is 0 Å². The van der Waals surface area contributed by atoms with E-state index in [2.05, 4.69) is 26.6 Å². The fraction of sp³-hybridized carbons (Fsp3) is 0.357. The first-order valence-corrected chi connectivity index (χ1v) is 7.01. The maximum absolute atomic E-state index is 11.7. The predicted molar refractivity (Wildman–Crippen MR) is 82.2 cm³/mol. The van der Waals surface area contributed by atoms with E-state index < -0.39 is 17.3 Å². The zero-order valence-corrected chi connectivity index (χ0v) is 13.6.